The van der Waals surface area contributed by atoms with Crippen LogP contribution in [0.1, 0.15) is 39.8 Å². The summed E-state index contributed by atoms with van der Waals surface area (Å²) >= 11 is 0. The van der Waals surface area contributed by atoms with Crippen LogP contribution in [-0.4, -0.2) is 23.2 Å². The third-order valence-electron chi connectivity index (χ3n) is 4.07. The van der Waals surface area contributed by atoms with Gasteiger partial charge in [0.15, 0.2) is 0 Å². The lowest BCUT2D eigenvalue weighted by molar-refractivity contribution is 0.0953. The maximum atomic E-state index is 12.9. The van der Waals surface area contributed by atoms with Crippen molar-refractivity contribution in [1.29, 1.82) is 0 Å². The highest BCUT2D eigenvalue weighted by Gasteiger charge is 2.19. The fourth-order valence-corrected chi connectivity index (χ4v) is 2.80. The zero-order valence-electron chi connectivity index (χ0n) is 14.6. The van der Waals surface area contributed by atoms with E-state index in [0.717, 1.165) is 17.5 Å². The maximum Gasteiger partial charge on any atom is 0.251 e. The summed E-state index contributed by atoms with van der Waals surface area (Å²) in [7, 11) is 0. The Labute approximate surface area is 152 Å². The van der Waals surface area contributed by atoms with E-state index in [-0.39, 0.29) is 11.7 Å². The lowest BCUT2D eigenvalue weighted by Crippen LogP contribution is -2.24. The first-order chi connectivity index (χ1) is 12.7. The van der Waals surface area contributed by atoms with E-state index in [0.29, 0.717) is 23.4 Å². The Morgan fingerprint density at radius 1 is 0.846 bits per heavy atom. The number of ketones is 1. The highest BCUT2D eigenvalue weighted by molar-refractivity contribution is 6.13. The van der Waals surface area contributed by atoms with Crippen LogP contribution in [-0.2, 0) is 0 Å². The van der Waals surface area contributed by atoms with Crippen LogP contribution >= 0.6 is 0 Å². The number of nitrogens with zero attached hydrogens (tertiary/aromatic N) is 1. The molecule has 1 aromatic heterocycles. The second-order valence-corrected chi connectivity index (χ2v) is 5.89. The van der Waals surface area contributed by atoms with Crippen molar-refractivity contribution in [3.8, 4) is 11.1 Å². The first-order valence-corrected chi connectivity index (χ1v) is 8.64. The van der Waals surface area contributed by atoms with Crippen molar-refractivity contribution < 1.29 is 9.59 Å². The molecule has 1 heterocycles. The lowest BCUT2D eigenvalue weighted by Gasteiger charge is -2.13. The van der Waals surface area contributed by atoms with Crippen molar-refractivity contribution >= 4 is 11.7 Å². The minimum Gasteiger partial charge on any atom is -0.352 e. The molecule has 0 aliphatic heterocycles. The molecule has 0 radical (unpaired) electrons. The second-order valence-electron chi connectivity index (χ2n) is 5.89. The van der Waals surface area contributed by atoms with Gasteiger partial charge in [0.25, 0.3) is 5.91 Å². The molecule has 0 aliphatic rings. The van der Waals surface area contributed by atoms with Gasteiger partial charge in [-0.3, -0.25) is 14.6 Å². The summed E-state index contributed by atoms with van der Waals surface area (Å²) in [5.41, 5.74) is 2.93. The molecular formula is C22H20N2O2. The van der Waals surface area contributed by atoms with Gasteiger partial charge in [-0.1, -0.05) is 55.5 Å². The number of benzene rings is 2. The maximum absolute atomic E-state index is 12.9. The number of hydrogen-bond acceptors (Lipinski definition) is 3. The number of carbonyl (C=O) groups excluding carboxylic acids is 2. The third kappa shape index (κ3) is 3.70. The van der Waals surface area contributed by atoms with E-state index in [4.69, 9.17) is 0 Å². The molecule has 26 heavy (non-hydrogen) atoms. The summed E-state index contributed by atoms with van der Waals surface area (Å²) in [4.78, 5) is 29.6. The molecule has 0 saturated heterocycles. The largest absolute Gasteiger partial charge is 0.352 e. The van der Waals surface area contributed by atoms with Crippen molar-refractivity contribution in [3.63, 3.8) is 0 Å². The third-order valence-corrected chi connectivity index (χ3v) is 4.07. The molecule has 4 heteroatoms. The molecule has 0 atom stereocenters. The zero-order valence-corrected chi connectivity index (χ0v) is 14.6. The molecule has 3 aromatic rings. The molecule has 3 rings (SSSR count). The van der Waals surface area contributed by atoms with Gasteiger partial charge in [-0.05, 0) is 35.7 Å². The van der Waals surface area contributed by atoms with Crippen LogP contribution in [0.4, 0.5) is 0 Å². The van der Waals surface area contributed by atoms with Gasteiger partial charge in [0, 0.05) is 23.9 Å². The summed E-state index contributed by atoms with van der Waals surface area (Å²) in [6, 6.07) is 19.9. The van der Waals surface area contributed by atoms with Crippen molar-refractivity contribution in [2.24, 2.45) is 0 Å². The Balaban J connectivity index is 2.07. The first kappa shape index (κ1) is 17.5. The SMILES string of the molecule is CCCNC(=O)c1ccccc1-c1ccccc1C(=O)c1ccccn1. The van der Waals surface area contributed by atoms with Crippen LogP contribution < -0.4 is 5.32 Å². The highest BCUT2D eigenvalue weighted by atomic mass is 16.1. The van der Waals surface area contributed by atoms with Crippen molar-refractivity contribution in [2.75, 3.05) is 6.54 Å². The normalized spacial score (nSPS) is 10.3. The van der Waals surface area contributed by atoms with Gasteiger partial charge in [-0.25, -0.2) is 0 Å². The predicted octanol–water partition coefficient (Wildman–Crippen LogP) is 4.12. The standard InChI is InChI=1S/C22H20N2O2/c1-2-14-24-22(26)19-12-6-4-10-17(19)16-9-3-5-11-18(16)21(25)20-13-7-8-15-23-20/h3-13,15H,2,14H2,1H3,(H,24,26). The molecule has 1 N–H and O–H groups in total. The van der Waals surface area contributed by atoms with Gasteiger partial charge in [0.1, 0.15) is 5.69 Å². The number of rotatable bonds is 6. The van der Waals surface area contributed by atoms with Gasteiger partial charge < -0.3 is 5.32 Å². The van der Waals surface area contributed by atoms with E-state index in [2.05, 4.69) is 10.3 Å². The Morgan fingerprint density at radius 2 is 1.46 bits per heavy atom. The summed E-state index contributed by atoms with van der Waals surface area (Å²) in [6.45, 7) is 2.62. The molecule has 1 amide bonds. The number of nitrogens with one attached hydrogen (secondary N) is 1. The van der Waals surface area contributed by atoms with Gasteiger partial charge in [0.2, 0.25) is 5.78 Å². The minimum atomic E-state index is -0.162. The number of pyridine rings is 1. The average Bonchev–Trinajstić information content (AvgIpc) is 2.72. The van der Waals surface area contributed by atoms with E-state index in [1.54, 1.807) is 36.5 Å². The Bertz CT molecular complexity index is 920. The van der Waals surface area contributed by atoms with Crippen LogP contribution in [0.2, 0.25) is 0 Å². The fraction of sp³-hybridized carbons (Fsp3) is 0.136. The summed E-state index contributed by atoms with van der Waals surface area (Å²) in [6.07, 6.45) is 2.46. The Hall–Kier alpha value is -3.27. The molecule has 0 saturated carbocycles. The van der Waals surface area contributed by atoms with E-state index >= 15 is 0 Å². The minimum absolute atomic E-state index is 0.137. The Morgan fingerprint density at radius 3 is 2.12 bits per heavy atom. The lowest BCUT2D eigenvalue weighted by atomic mass is 9.92. The number of amides is 1. The van der Waals surface area contributed by atoms with Crippen LogP contribution in [0.25, 0.3) is 11.1 Å². The van der Waals surface area contributed by atoms with Gasteiger partial charge in [-0.15, -0.1) is 0 Å². The van der Waals surface area contributed by atoms with Crippen LogP contribution in [0.15, 0.2) is 72.9 Å². The van der Waals surface area contributed by atoms with Crippen molar-refractivity contribution in [1.82, 2.24) is 10.3 Å². The van der Waals surface area contributed by atoms with E-state index in [9.17, 15) is 9.59 Å². The molecule has 0 unspecified atom stereocenters. The summed E-state index contributed by atoms with van der Waals surface area (Å²) in [5, 5.41) is 2.90. The molecule has 0 spiro atoms. The monoisotopic (exact) mass is 344 g/mol. The number of aromatic nitrogens is 1. The van der Waals surface area contributed by atoms with Crippen LogP contribution in [0.5, 0.6) is 0 Å². The molecule has 0 bridgehead atoms. The van der Waals surface area contributed by atoms with Crippen LogP contribution in [0.3, 0.4) is 0 Å². The molecule has 4 nitrogen and oxygen atoms in total. The van der Waals surface area contributed by atoms with E-state index in [1.807, 2.05) is 43.3 Å². The zero-order chi connectivity index (χ0) is 18.4. The predicted molar refractivity (Wildman–Crippen MR) is 102 cm³/mol. The smallest absolute Gasteiger partial charge is 0.251 e. The van der Waals surface area contributed by atoms with E-state index in [1.165, 1.54) is 0 Å². The molecule has 0 aliphatic carbocycles. The van der Waals surface area contributed by atoms with Gasteiger partial charge in [-0.2, -0.15) is 0 Å². The second kappa shape index (κ2) is 8.21. The topological polar surface area (TPSA) is 59.1 Å². The van der Waals surface area contributed by atoms with Gasteiger partial charge in [0.05, 0.1) is 0 Å². The highest BCUT2D eigenvalue weighted by Crippen LogP contribution is 2.28. The Kier molecular flexibility index (Phi) is 5.54. The number of hydrogen-bond donors (Lipinski definition) is 1. The number of carbonyl (C=O) groups is 2. The molecule has 2 aromatic carbocycles. The molecule has 0 fully saturated rings. The first-order valence-electron chi connectivity index (χ1n) is 8.64. The molecular weight excluding hydrogens is 324 g/mol. The quantitative estimate of drug-likeness (QED) is 0.684. The van der Waals surface area contributed by atoms with E-state index < -0.39 is 0 Å². The van der Waals surface area contributed by atoms with Crippen molar-refractivity contribution in [3.05, 3.63) is 89.7 Å². The summed E-state index contributed by atoms with van der Waals surface area (Å²) < 4.78 is 0. The fourth-order valence-electron chi connectivity index (χ4n) is 2.80. The summed E-state index contributed by atoms with van der Waals surface area (Å²) in [5.74, 6) is -0.299. The van der Waals surface area contributed by atoms with Crippen LogP contribution in [0, 0.1) is 0 Å². The molecule has 130 valence electrons. The van der Waals surface area contributed by atoms with Gasteiger partial charge >= 0.3 is 0 Å². The average molecular weight is 344 g/mol. The van der Waals surface area contributed by atoms with Crippen molar-refractivity contribution in [2.45, 2.75) is 13.3 Å².